The Morgan fingerprint density at radius 1 is 1.80 bits per heavy atom. The van der Waals surface area contributed by atoms with Crippen LogP contribution in [0.3, 0.4) is 0 Å². The smallest absolute Gasteiger partial charge is 0.133 e. The Kier molecular flexibility index (Phi) is 2.06. The van der Waals surface area contributed by atoms with Crippen LogP contribution in [0.5, 0.6) is 0 Å². The number of rotatable bonds is 2. The van der Waals surface area contributed by atoms with Crippen molar-refractivity contribution in [3.05, 3.63) is 17.5 Å². The zero-order chi connectivity index (χ0) is 7.56. The van der Waals surface area contributed by atoms with Gasteiger partial charge in [0.25, 0.3) is 0 Å². The number of hydrogen-bond donors (Lipinski definition) is 1. The Hall–Kier alpha value is -0.830. The minimum Gasteiger partial charge on any atom is -0.361 e. The molecule has 0 saturated carbocycles. The van der Waals surface area contributed by atoms with Crippen molar-refractivity contribution in [1.82, 2.24) is 5.16 Å². The lowest BCUT2D eigenvalue weighted by Gasteiger charge is -1.99. The Morgan fingerprint density at radius 3 is 2.90 bits per heavy atom. The molecule has 2 N–H and O–H groups in total. The monoisotopic (exact) mass is 140 g/mol. The largest absolute Gasteiger partial charge is 0.361 e. The van der Waals surface area contributed by atoms with E-state index in [9.17, 15) is 0 Å². The molecular weight excluding hydrogens is 128 g/mol. The average molecular weight is 140 g/mol. The molecule has 0 saturated heterocycles. The third-order valence-corrected chi connectivity index (χ3v) is 1.50. The second-order valence-corrected chi connectivity index (χ2v) is 2.50. The van der Waals surface area contributed by atoms with Gasteiger partial charge in [-0.25, -0.2) is 0 Å². The first-order chi connectivity index (χ1) is 4.74. The van der Waals surface area contributed by atoms with E-state index < -0.39 is 0 Å². The van der Waals surface area contributed by atoms with E-state index in [0.717, 1.165) is 11.5 Å². The van der Waals surface area contributed by atoms with E-state index in [0.29, 0.717) is 12.5 Å². The van der Waals surface area contributed by atoms with Crippen LogP contribution < -0.4 is 5.73 Å². The van der Waals surface area contributed by atoms with Gasteiger partial charge in [0.1, 0.15) is 5.76 Å². The maximum absolute atomic E-state index is 5.43. The van der Waals surface area contributed by atoms with Crippen molar-refractivity contribution in [1.29, 1.82) is 0 Å². The molecule has 1 heterocycles. The maximum Gasteiger partial charge on any atom is 0.133 e. The number of hydrogen-bond acceptors (Lipinski definition) is 3. The molecule has 0 amide bonds. The molecule has 0 aliphatic carbocycles. The molecule has 3 nitrogen and oxygen atoms in total. The molecule has 1 unspecified atom stereocenters. The van der Waals surface area contributed by atoms with E-state index in [4.69, 9.17) is 10.3 Å². The summed E-state index contributed by atoms with van der Waals surface area (Å²) in [5.41, 5.74) is 6.38. The van der Waals surface area contributed by atoms with E-state index in [2.05, 4.69) is 5.16 Å². The molecule has 0 bridgehead atoms. The molecule has 0 aromatic carbocycles. The highest BCUT2D eigenvalue weighted by molar-refractivity contribution is 5.08. The van der Waals surface area contributed by atoms with E-state index in [1.165, 1.54) is 0 Å². The lowest BCUT2D eigenvalue weighted by atomic mass is 10.1. The minimum absolute atomic E-state index is 0.303. The van der Waals surface area contributed by atoms with Crippen molar-refractivity contribution in [2.75, 3.05) is 6.54 Å². The van der Waals surface area contributed by atoms with Crippen LogP contribution in [0.15, 0.2) is 10.6 Å². The molecule has 0 spiro atoms. The predicted molar refractivity (Wildman–Crippen MR) is 38.7 cm³/mol. The summed E-state index contributed by atoms with van der Waals surface area (Å²) in [7, 11) is 0. The van der Waals surface area contributed by atoms with Crippen LogP contribution in [0, 0.1) is 6.92 Å². The third kappa shape index (κ3) is 1.36. The van der Waals surface area contributed by atoms with Crippen molar-refractivity contribution in [3.63, 3.8) is 0 Å². The van der Waals surface area contributed by atoms with Crippen LogP contribution in [-0.2, 0) is 0 Å². The minimum atomic E-state index is 0.303. The van der Waals surface area contributed by atoms with E-state index in [1.54, 1.807) is 0 Å². The third-order valence-electron chi connectivity index (χ3n) is 1.50. The SMILES string of the molecule is Cc1cc(C(C)CN)no1. The standard InChI is InChI=1S/C7H12N2O/c1-5(4-8)7-3-6(2)10-9-7/h3,5H,4,8H2,1-2H3. The van der Waals surface area contributed by atoms with Crippen molar-refractivity contribution < 1.29 is 4.52 Å². The predicted octanol–water partition coefficient (Wildman–Crippen LogP) is 1.05. The highest BCUT2D eigenvalue weighted by Crippen LogP contribution is 2.12. The second kappa shape index (κ2) is 2.84. The molecule has 1 rings (SSSR count). The molecule has 0 fully saturated rings. The van der Waals surface area contributed by atoms with E-state index >= 15 is 0 Å². The van der Waals surface area contributed by atoms with Gasteiger partial charge in [-0.2, -0.15) is 0 Å². The summed E-state index contributed by atoms with van der Waals surface area (Å²) < 4.78 is 4.88. The molecule has 1 aromatic rings. The fourth-order valence-electron chi connectivity index (χ4n) is 0.739. The Morgan fingerprint density at radius 2 is 2.50 bits per heavy atom. The zero-order valence-corrected chi connectivity index (χ0v) is 6.29. The van der Waals surface area contributed by atoms with Crippen LogP contribution >= 0.6 is 0 Å². The summed E-state index contributed by atoms with van der Waals surface area (Å²) in [5, 5.41) is 3.83. The molecule has 10 heavy (non-hydrogen) atoms. The highest BCUT2D eigenvalue weighted by atomic mass is 16.5. The Balaban J connectivity index is 2.74. The topological polar surface area (TPSA) is 52.0 Å². The van der Waals surface area contributed by atoms with Crippen LogP contribution in [0.1, 0.15) is 24.3 Å². The summed E-state index contributed by atoms with van der Waals surface area (Å²) >= 11 is 0. The first-order valence-electron chi connectivity index (χ1n) is 3.37. The lowest BCUT2D eigenvalue weighted by molar-refractivity contribution is 0.387. The van der Waals surface area contributed by atoms with Crippen molar-refractivity contribution in [3.8, 4) is 0 Å². The van der Waals surface area contributed by atoms with Gasteiger partial charge in [-0.1, -0.05) is 12.1 Å². The van der Waals surface area contributed by atoms with Gasteiger partial charge < -0.3 is 10.3 Å². The zero-order valence-electron chi connectivity index (χ0n) is 6.29. The van der Waals surface area contributed by atoms with Gasteiger partial charge >= 0.3 is 0 Å². The van der Waals surface area contributed by atoms with E-state index in [1.807, 2.05) is 19.9 Å². The summed E-state index contributed by atoms with van der Waals surface area (Å²) in [5.74, 6) is 1.15. The van der Waals surface area contributed by atoms with Gasteiger partial charge in [0.2, 0.25) is 0 Å². The molecule has 0 aliphatic heterocycles. The summed E-state index contributed by atoms with van der Waals surface area (Å²) in [4.78, 5) is 0. The summed E-state index contributed by atoms with van der Waals surface area (Å²) in [6.45, 7) is 4.52. The van der Waals surface area contributed by atoms with Gasteiger partial charge in [-0.3, -0.25) is 0 Å². The second-order valence-electron chi connectivity index (χ2n) is 2.50. The fourth-order valence-corrected chi connectivity index (χ4v) is 0.739. The van der Waals surface area contributed by atoms with Gasteiger partial charge in [-0.15, -0.1) is 0 Å². The maximum atomic E-state index is 5.43. The van der Waals surface area contributed by atoms with Gasteiger partial charge in [-0.05, 0) is 6.92 Å². The first-order valence-corrected chi connectivity index (χ1v) is 3.37. The van der Waals surface area contributed by atoms with Crippen LogP contribution in [0.2, 0.25) is 0 Å². The van der Waals surface area contributed by atoms with E-state index in [-0.39, 0.29) is 0 Å². The fraction of sp³-hybridized carbons (Fsp3) is 0.571. The van der Waals surface area contributed by atoms with Crippen molar-refractivity contribution in [2.24, 2.45) is 5.73 Å². The van der Waals surface area contributed by atoms with Crippen molar-refractivity contribution >= 4 is 0 Å². The Bertz CT molecular complexity index is 207. The summed E-state index contributed by atoms with van der Waals surface area (Å²) in [6, 6.07) is 1.91. The molecule has 0 aliphatic rings. The van der Waals surface area contributed by atoms with Gasteiger partial charge in [0.05, 0.1) is 5.69 Å². The average Bonchev–Trinajstić information content (AvgIpc) is 2.34. The number of nitrogens with two attached hydrogens (primary N) is 1. The number of aromatic nitrogens is 1. The molecule has 0 radical (unpaired) electrons. The number of aryl methyl sites for hydroxylation is 1. The first kappa shape index (κ1) is 7.28. The lowest BCUT2D eigenvalue weighted by Crippen LogP contribution is -2.08. The van der Waals surface area contributed by atoms with Gasteiger partial charge in [0, 0.05) is 18.5 Å². The van der Waals surface area contributed by atoms with Crippen LogP contribution in [0.4, 0.5) is 0 Å². The Labute approximate surface area is 60.2 Å². The van der Waals surface area contributed by atoms with Crippen molar-refractivity contribution in [2.45, 2.75) is 19.8 Å². The molecule has 56 valence electrons. The van der Waals surface area contributed by atoms with Crippen LogP contribution in [-0.4, -0.2) is 11.7 Å². The molecule has 1 aromatic heterocycles. The van der Waals surface area contributed by atoms with Crippen LogP contribution in [0.25, 0.3) is 0 Å². The van der Waals surface area contributed by atoms with Gasteiger partial charge in [0.15, 0.2) is 0 Å². The number of nitrogens with zero attached hydrogens (tertiary/aromatic N) is 1. The summed E-state index contributed by atoms with van der Waals surface area (Å²) in [6.07, 6.45) is 0. The molecular formula is C7H12N2O. The highest BCUT2D eigenvalue weighted by Gasteiger charge is 2.06. The normalized spacial score (nSPS) is 13.5. The quantitative estimate of drug-likeness (QED) is 0.667. The molecule has 1 atom stereocenters. The molecule has 3 heteroatoms.